The van der Waals surface area contributed by atoms with Crippen LogP contribution in [0.4, 0.5) is 0 Å². The first-order valence-electron chi connectivity index (χ1n) is 6.02. The van der Waals surface area contributed by atoms with E-state index >= 15 is 0 Å². The lowest BCUT2D eigenvalue weighted by atomic mass is 10.1. The second-order valence-corrected chi connectivity index (χ2v) is 4.21. The SMILES string of the molecule is CCCCCCC(=O)OC1CCCC1. The Morgan fingerprint density at radius 1 is 1.21 bits per heavy atom. The van der Waals surface area contributed by atoms with Gasteiger partial charge in [-0.15, -0.1) is 0 Å². The van der Waals surface area contributed by atoms with Gasteiger partial charge in [-0.3, -0.25) is 4.79 Å². The molecule has 0 aliphatic heterocycles. The first-order valence-corrected chi connectivity index (χ1v) is 6.02. The molecule has 0 aromatic heterocycles. The Labute approximate surface area is 87.0 Å². The van der Waals surface area contributed by atoms with Crippen molar-refractivity contribution in [1.29, 1.82) is 0 Å². The van der Waals surface area contributed by atoms with E-state index in [9.17, 15) is 4.79 Å². The molecule has 0 unspecified atom stereocenters. The van der Waals surface area contributed by atoms with Crippen LogP contribution in [0.2, 0.25) is 0 Å². The highest BCUT2D eigenvalue weighted by atomic mass is 16.5. The molecule has 0 amide bonds. The summed E-state index contributed by atoms with van der Waals surface area (Å²) in [4.78, 5) is 11.3. The van der Waals surface area contributed by atoms with E-state index < -0.39 is 0 Å². The van der Waals surface area contributed by atoms with E-state index in [1.165, 1.54) is 25.7 Å². The van der Waals surface area contributed by atoms with Crippen LogP contribution < -0.4 is 0 Å². The molecule has 0 aromatic carbocycles. The van der Waals surface area contributed by atoms with Crippen LogP contribution >= 0.6 is 0 Å². The number of hydrogen-bond acceptors (Lipinski definition) is 2. The average Bonchev–Trinajstić information content (AvgIpc) is 2.65. The molecule has 1 aliphatic rings. The zero-order valence-electron chi connectivity index (χ0n) is 9.26. The maximum Gasteiger partial charge on any atom is 0.306 e. The molecule has 0 atom stereocenters. The standard InChI is InChI=1S/C12H22O2/c1-2-3-4-5-10-12(13)14-11-8-6-7-9-11/h11H,2-10H2,1H3. The lowest BCUT2D eigenvalue weighted by Crippen LogP contribution is -2.14. The van der Waals surface area contributed by atoms with Crippen molar-refractivity contribution in [2.24, 2.45) is 0 Å². The van der Waals surface area contributed by atoms with Gasteiger partial charge in [-0.1, -0.05) is 26.2 Å². The molecule has 1 saturated carbocycles. The van der Waals surface area contributed by atoms with Crippen molar-refractivity contribution < 1.29 is 9.53 Å². The highest BCUT2D eigenvalue weighted by Gasteiger charge is 2.18. The number of esters is 1. The van der Waals surface area contributed by atoms with Gasteiger partial charge in [0.05, 0.1) is 0 Å². The smallest absolute Gasteiger partial charge is 0.306 e. The third-order valence-electron chi connectivity index (χ3n) is 2.83. The van der Waals surface area contributed by atoms with Crippen molar-refractivity contribution >= 4 is 5.97 Å². The van der Waals surface area contributed by atoms with Gasteiger partial charge in [0.15, 0.2) is 0 Å². The monoisotopic (exact) mass is 198 g/mol. The zero-order chi connectivity index (χ0) is 10.2. The molecule has 0 N–H and O–H groups in total. The van der Waals surface area contributed by atoms with Crippen molar-refractivity contribution in [1.82, 2.24) is 0 Å². The van der Waals surface area contributed by atoms with Crippen LogP contribution in [-0.2, 0) is 9.53 Å². The lowest BCUT2D eigenvalue weighted by Gasteiger charge is -2.10. The van der Waals surface area contributed by atoms with E-state index in [4.69, 9.17) is 4.74 Å². The van der Waals surface area contributed by atoms with Crippen molar-refractivity contribution in [3.05, 3.63) is 0 Å². The molecule has 2 heteroatoms. The topological polar surface area (TPSA) is 26.3 Å². The predicted molar refractivity (Wildman–Crippen MR) is 57.1 cm³/mol. The number of rotatable bonds is 6. The molecule has 0 bridgehead atoms. The van der Waals surface area contributed by atoms with Crippen molar-refractivity contribution in [2.45, 2.75) is 70.8 Å². The third kappa shape index (κ3) is 4.64. The Kier molecular flexibility index (Phi) is 5.65. The van der Waals surface area contributed by atoms with Gasteiger partial charge in [0.2, 0.25) is 0 Å². The number of hydrogen-bond donors (Lipinski definition) is 0. The van der Waals surface area contributed by atoms with Crippen LogP contribution in [0.3, 0.4) is 0 Å². The highest BCUT2D eigenvalue weighted by Crippen LogP contribution is 2.21. The Bertz CT molecular complexity index is 160. The predicted octanol–water partition coefficient (Wildman–Crippen LogP) is 3.44. The van der Waals surface area contributed by atoms with E-state index in [0.717, 1.165) is 25.7 Å². The van der Waals surface area contributed by atoms with Crippen LogP contribution in [0.5, 0.6) is 0 Å². The summed E-state index contributed by atoms with van der Waals surface area (Å²) in [7, 11) is 0. The second-order valence-electron chi connectivity index (χ2n) is 4.21. The fraction of sp³-hybridized carbons (Fsp3) is 0.917. The summed E-state index contributed by atoms with van der Waals surface area (Å²) in [5.74, 6) is 0.0213. The molecule has 0 saturated heterocycles. The summed E-state index contributed by atoms with van der Waals surface area (Å²) in [6, 6.07) is 0. The van der Waals surface area contributed by atoms with Crippen molar-refractivity contribution in [3.63, 3.8) is 0 Å². The van der Waals surface area contributed by atoms with Crippen LogP contribution in [0.1, 0.15) is 64.7 Å². The maximum atomic E-state index is 11.3. The summed E-state index contributed by atoms with van der Waals surface area (Å²) < 4.78 is 5.35. The van der Waals surface area contributed by atoms with Gasteiger partial charge in [0.25, 0.3) is 0 Å². The van der Waals surface area contributed by atoms with Crippen molar-refractivity contribution in [3.8, 4) is 0 Å². The van der Waals surface area contributed by atoms with E-state index in [1.807, 2.05) is 0 Å². The molecule has 0 aromatic rings. The largest absolute Gasteiger partial charge is 0.462 e. The van der Waals surface area contributed by atoms with Gasteiger partial charge >= 0.3 is 5.97 Å². The summed E-state index contributed by atoms with van der Waals surface area (Å²) in [6.45, 7) is 2.18. The average molecular weight is 198 g/mol. The molecule has 1 rings (SSSR count). The second kappa shape index (κ2) is 6.86. The number of unbranched alkanes of at least 4 members (excludes halogenated alkanes) is 3. The van der Waals surface area contributed by atoms with Crippen molar-refractivity contribution in [2.75, 3.05) is 0 Å². The van der Waals surface area contributed by atoms with E-state index in [-0.39, 0.29) is 12.1 Å². The van der Waals surface area contributed by atoms with Gasteiger partial charge in [-0.05, 0) is 32.1 Å². The zero-order valence-corrected chi connectivity index (χ0v) is 9.26. The first-order chi connectivity index (χ1) is 6.83. The summed E-state index contributed by atoms with van der Waals surface area (Å²) in [6.07, 6.45) is 10.1. The minimum Gasteiger partial charge on any atom is -0.462 e. The quantitative estimate of drug-likeness (QED) is 0.482. The molecule has 0 spiro atoms. The molecule has 1 fully saturated rings. The molecule has 82 valence electrons. The fourth-order valence-electron chi connectivity index (χ4n) is 1.95. The summed E-state index contributed by atoms with van der Waals surface area (Å²) in [5.41, 5.74) is 0. The van der Waals surface area contributed by atoms with Crippen LogP contribution in [0.15, 0.2) is 0 Å². The highest BCUT2D eigenvalue weighted by molar-refractivity contribution is 5.69. The first kappa shape index (κ1) is 11.5. The van der Waals surface area contributed by atoms with Crippen LogP contribution in [-0.4, -0.2) is 12.1 Å². The van der Waals surface area contributed by atoms with Gasteiger partial charge in [-0.25, -0.2) is 0 Å². The third-order valence-corrected chi connectivity index (χ3v) is 2.83. The molecular formula is C12H22O2. The summed E-state index contributed by atoms with van der Waals surface area (Å²) >= 11 is 0. The van der Waals surface area contributed by atoms with Gasteiger partial charge in [0.1, 0.15) is 6.10 Å². The minimum atomic E-state index is 0.0213. The Morgan fingerprint density at radius 2 is 1.93 bits per heavy atom. The number of carbonyl (C=O) groups excluding carboxylic acids is 1. The van der Waals surface area contributed by atoms with E-state index in [2.05, 4.69) is 6.92 Å². The molecule has 1 aliphatic carbocycles. The van der Waals surface area contributed by atoms with E-state index in [1.54, 1.807) is 0 Å². The molecule has 2 nitrogen and oxygen atoms in total. The molecular weight excluding hydrogens is 176 g/mol. The van der Waals surface area contributed by atoms with Gasteiger partial charge < -0.3 is 4.74 Å². The minimum absolute atomic E-state index is 0.0213. The van der Waals surface area contributed by atoms with Crippen LogP contribution in [0.25, 0.3) is 0 Å². The van der Waals surface area contributed by atoms with Gasteiger partial charge in [-0.2, -0.15) is 0 Å². The Morgan fingerprint density at radius 3 is 2.57 bits per heavy atom. The molecule has 14 heavy (non-hydrogen) atoms. The lowest BCUT2D eigenvalue weighted by molar-refractivity contribution is -0.148. The van der Waals surface area contributed by atoms with Gasteiger partial charge in [0, 0.05) is 6.42 Å². The van der Waals surface area contributed by atoms with Crippen LogP contribution in [0, 0.1) is 0 Å². The fourth-order valence-corrected chi connectivity index (χ4v) is 1.95. The van der Waals surface area contributed by atoms with E-state index in [0.29, 0.717) is 6.42 Å². The maximum absolute atomic E-state index is 11.3. The Hall–Kier alpha value is -0.530. The summed E-state index contributed by atoms with van der Waals surface area (Å²) in [5, 5.41) is 0. The normalized spacial score (nSPS) is 17.2. The molecule has 0 heterocycles. The number of carbonyl (C=O) groups is 1. The number of ether oxygens (including phenoxy) is 1. The molecule has 0 radical (unpaired) electrons. The Balaban J connectivity index is 1.98.